The van der Waals surface area contributed by atoms with E-state index in [1.807, 2.05) is 31.2 Å². The fraction of sp³-hybridized carbons (Fsp3) is 0.231. The van der Waals surface area contributed by atoms with Crippen LogP contribution in [-0.2, 0) is 6.54 Å². The van der Waals surface area contributed by atoms with E-state index < -0.39 is 5.97 Å². The molecule has 2 rings (SSSR count). The minimum atomic E-state index is -1.04. The second-order valence-corrected chi connectivity index (χ2v) is 4.02. The van der Waals surface area contributed by atoms with Gasteiger partial charge in [-0.3, -0.25) is 0 Å². The Morgan fingerprint density at radius 3 is 2.61 bits per heavy atom. The molecule has 0 radical (unpaired) electrons. The Morgan fingerprint density at radius 1 is 1.39 bits per heavy atom. The van der Waals surface area contributed by atoms with Gasteiger partial charge in [0.05, 0.1) is 19.9 Å². The molecule has 5 nitrogen and oxygen atoms in total. The molecule has 0 spiro atoms. The predicted molar refractivity (Wildman–Crippen MR) is 66.0 cm³/mol. The second kappa shape index (κ2) is 4.91. The molecule has 0 saturated carbocycles. The van der Waals surface area contributed by atoms with E-state index >= 15 is 0 Å². The van der Waals surface area contributed by atoms with Crippen LogP contribution >= 0.6 is 0 Å². The van der Waals surface area contributed by atoms with Crippen molar-refractivity contribution >= 4 is 5.97 Å². The molecule has 0 aliphatic rings. The number of aryl methyl sites for hydroxylation is 1. The average Bonchev–Trinajstić information content (AvgIpc) is 2.75. The molecule has 1 N–H and O–H groups in total. The number of aromatic carboxylic acids is 1. The summed E-state index contributed by atoms with van der Waals surface area (Å²) in [6, 6.07) is 7.97. The van der Waals surface area contributed by atoms with Crippen LogP contribution in [0.3, 0.4) is 0 Å². The van der Waals surface area contributed by atoms with Gasteiger partial charge in [-0.2, -0.15) is 5.10 Å². The first-order valence-electron chi connectivity index (χ1n) is 5.50. The first-order chi connectivity index (χ1) is 8.61. The van der Waals surface area contributed by atoms with Crippen molar-refractivity contribution in [2.45, 2.75) is 13.5 Å². The zero-order chi connectivity index (χ0) is 13.1. The number of carbonyl (C=O) groups is 1. The minimum absolute atomic E-state index is 0.0737. The Balaban J connectivity index is 2.29. The zero-order valence-corrected chi connectivity index (χ0v) is 10.3. The summed E-state index contributed by atoms with van der Waals surface area (Å²) in [7, 11) is 1.44. The highest BCUT2D eigenvalue weighted by Crippen LogP contribution is 2.19. The average molecular weight is 246 g/mol. The van der Waals surface area contributed by atoms with Crippen molar-refractivity contribution in [2.24, 2.45) is 0 Å². The summed E-state index contributed by atoms with van der Waals surface area (Å²) in [5.74, 6) is -0.773. The molecule has 1 aromatic carbocycles. The summed E-state index contributed by atoms with van der Waals surface area (Å²) in [6.07, 6.45) is 1.30. The quantitative estimate of drug-likeness (QED) is 0.895. The molecule has 0 amide bonds. The lowest BCUT2D eigenvalue weighted by Gasteiger charge is -2.07. The third kappa shape index (κ3) is 2.34. The van der Waals surface area contributed by atoms with E-state index in [0.717, 1.165) is 5.56 Å². The maximum Gasteiger partial charge on any atom is 0.342 e. The Hall–Kier alpha value is -2.30. The molecular formula is C13H14N2O3. The van der Waals surface area contributed by atoms with Crippen molar-refractivity contribution in [3.05, 3.63) is 47.2 Å². The molecule has 0 saturated heterocycles. The summed E-state index contributed by atoms with van der Waals surface area (Å²) in [6.45, 7) is 2.50. The van der Waals surface area contributed by atoms with E-state index in [1.165, 1.54) is 23.6 Å². The molecule has 1 heterocycles. The lowest BCUT2D eigenvalue weighted by atomic mass is 10.1. The molecule has 0 bridgehead atoms. The number of rotatable bonds is 4. The maximum atomic E-state index is 11.0. The summed E-state index contributed by atoms with van der Waals surface area (Å²) >= 11 is 0. The molecule has 0 fully saturated rings. The zero-order valence-electron chi connectivity index (χ0n) is 10.3. The molecule has 0 aliphatic carbocycles. The van der Waals surface area contributed by atoms with Gasteiger partial charge in [-0.1, -0.05) is 29.8 Å². The largest absolute Gasteiger partial charge is 0.481 e. The molecule has 94 valence electrons. The van der Waals surface area contributed by atoms with Gasteiger partial charge in [-0.25, -0.2) is 9.48 Å². The predicted octanol–water partition coefficient (Wildman–Crippen LogP) is 1.95. The van der Waals surface area contributed by atoms with Crippen LogP contribution in [0.5, 0.6) is 5.88 Å². The van der Waals surface area contributed by atoms with Crippen molar-refractivity contribution in [2.75, 3.05) is 7.11 Å². The molecule has 5 heteroatoms. The van der Waals surface area contributed by atoms with E-state index in [4.69, 9.17) is 9.84 Å². The number of carboxylic acid groups (broad SMARTS) is 1. The third-order valence-electron chi connectivity index (χ3n) is 2.67. The number of nitrogens with zero attached hydrogens (tertiary/aromatic N) is 2. The first kappa shape index (κ1) is 12.2. The monoisotopic (exact) mass is 246 g/mol. The smallest absolute Gasteiger partial charge is 0.342 e. The van der Waals surface area contributed by atoms with E-state index in [0.29, 0.717) is 6.54 Å². The van der Waals surface area contributed by atoms with Gasteiger partial charge in [0.25, 0.3) is 0 Å². The van der Waals surface area contributed by atoms with Gasteiger partial charge < -0.3 is 9.84 Å². The van der Waals surface area contributed by atoms with E-state index in [2.05, 4.69) is 5.10 Å². The van der Waals surface area contributed by atoms with Gasteiger partial charge in [-0.05, 0) is 12.5 Å². The lowest BCUT2D eigenvalue weighted by Crippen LogP contribution is -2.06. The van der Waals surface area contributed by atoms with E-state index in [1.54, 1.807) is 0 Å². The Morgan fingerprint density at radius 2 is 2.06 bits per heavy atom. The molecule has 0 unspecified atom stereocenters. The van der Waals surface area contributed by atoms with Crippen LogP contribution in [0.25, 0.3) is 0 Å². The van der Waals surface area contributed by atoms with Crippen LogP contribution in [0.2, 0.25) is 0 Å². The van der Waals surface area contributed by atoms with Crippen molar-refractivity contribution < 1.29 is 14.6 Å². The van der Waals surface area contributed by atoms with Crippen molar-refractivity contribution in [1.29, 1.82) is 0 Å². The number of benzene rings is 1. The lowest BCUT2D eigenvalue weighted by molar-refractivity contribution is 0.0693. The first-order valence-corrected chi connectivity index (χ1v) is 5.50. The summed E-state index contributed by atoms with van der Waals surface area (Å²) in [5.41, 5.74) is 2.29. The van der Waals surface area contributed by atoms with E-state index in [-0.39, 0.29) is 11.4 Å². The normalized spacial score (nSPS) is 10.3. The van der Waals surface area contributed by atoms with E-state index in [9.17, 15) is 4.79 Å². The summed E-state index contributed by atoms with van der Waals surface area (Å²) in [5, 5.41) is 13.0. The number of carboxylic acids is 1. The molecule has 18 heavy (non-hydrogen) atoms. The Labute approximate surface area is 105 Å². The number of ether oxygens (including phenoxy) is 1. The number of hydrogen-bond donors (Lipinski definition) is 1. The second-order valence-electron chi connectivity index (χ2n) is 4.02. The number of aromatic nitrogens is 2. The van der Waals surface area contributed by atoms with Crippen molar-refractivity contribution in [3.8, 4) is 5.88 Å². The maximum absolute atomic E-state index is 11.0. The van der Waals surface area contributed by atoms with Crippen LogP contribution in [0.4, 0.5) is 0 Å². The topological polar surface area (TPSA) is 64.3 Å². The van der Waals surface area contributed by atoms with Crippen molar-refractivity contribution in [3.63, 3.8) is 0 Å². The van der Waals surface area contributed by atoms with Crippen LogP contribution < -0.4 is 4.74 Å². The summed E-state index contributed by atoms with van der Waals surface area (Å²) in [4.78, 5) is 11.0. The molecule has 0 atom stereocenters. The van der Waals surface area contributed by atoms with Crippen LogP contribution in [-0.4, -0.2) is 28.0 Å². The number of hydrogen-bond acceptors (Lipinski definition) is 3. The molecule has 2 aromatic rings. The molecule has 1 aromatic heterocycles. The van der Waals surface area contributed by atoms with Gasteiger partial charge in [0, 0.05) is 0 Å². The Bertz CT molecular complexity index is 558. The fourth-order valence-corrected chi connectivity index (χ4v) is 1.72. The van der Waals surface area contributed by atoms with Crippen LogP contribution in [0.15, 0.2) is 30.5 Å². The standard InChI is InChI=1S/C13H14N2O3/c1-9-3-5-10(6-4-9)8-15-12(18-2)11(7-14-15)13(16)17/h3-7H,8H2,1-2H3,(H,16,17). The highest BCUT2D eigenvalue weighted by molar-refractivity contribution is 5.89. The van der Waals surface area contributed by atoms with Crippen LogP contribution in [0, 0.1) is 6.92 Å². The van der Waals surface area contributed by atoms with Crippen LogP contribution in [0.1, 0.15) is 21.5 Å². The highest BCUT2D eigenvalue weighted by atomic mass is 16.5. The SMILES string of the molecule is COc1c(C(=O)O)cnn1Cc1ccc(C)cc1. The summed E-state index contributed by atoms with van der Waals surface area (Å²) < 4.78 is 6.63. The van der Waals surface area contributed by atoms with Gasteiger partial charge in [0.2, 0.25) is 5.88 Å². The minimum Gasteiger partial charge on any atom is -0.481 e. The fourth-order valence-electron chi connectivity index (χ4n) is 1.72. The third-order valence-corrected chi connectivity index (χ3v) is 2.67. The molecular weight excluding hydrogens is 232 g/mol. The van der Waals surface area contributed by atoms with Crippen molar-refractivity contribution in [1.82, 2.24) is 9.78 Å². The van der Waals surface area contributed by atoms with Gasteiger partial charge in [-0.15, -0.1) is 0 Å². The number of methoxy groups -OCH3 is 1. The van der Waals surface area contributed by atoms with Gasteiger partial charge in [0.1, 0.15) is 5.56 Å². The Kier molecular flexibility index (Phi) is 3.32. The molecule has 0 aliphatic heterocycles. The highest BCUT2D eigenvalue weighted by Gasteiger charge is 2.17. The van der Waals surface area contributed by atoms with Gasteiger partial charge >= 0.3 is 5.97 Å². The van der Waals surface area contributed by atoms with Gasteiger partial charge in [0.15, 0.2) is 0 Å².